The van der Waals surface area contributed by atoms with Crippen LogP contribution in [0.2, 0.25) is 0 Å². The Balaban J connectivity index is 1.93. The second-order valence-corrected chi connectivity index (χ2v) is 6.95. The first kappa shape index (κ1) is 20.3. The van der Waals surface area contributed by atoms with Gasteiger partial charge in [0.25, 0.3) is 0 Å². The predicted octanol–water partition coefficient (Wildman–Crippen LogP) is 5.36. The van der Waals surface area contributed by atoms with E-state index in [-0.39, 0.29) is 6.10 Å². The van der Waals surface area contributed by atoms with Gasteiger partial charge < -0.3 is 14.6 Å². The van der Waals surface area contributed by atoms with E-state index in [0.717, 1.165) is 12.8 Å². The van der Waals surface area contributed by atoms with Gasteiger partial charge >= 0.3 is 6.16 Å². The van der Waals surface area contributed by atoms with Crippen molar-refractivity contribution in [3.05, 3.63) is 0 Å². The van der Waals surface area contributed by atoms with Gasteiger partial charge in [-0.1, -0.05) is 71.1 Å². The Labute approximate surface area is 141 Å². The number of carbonyl (C=O) groups excluding carboxylic acids is 1. The number of aliphatic hydroxyl groups excluding tert-OH is 1. The van der Waals surface area contributed by atoms with Crippen LogP contribution in [0.5, 0.6) is 0 Å². The Hall–Kier alpha value is -0.770. The summed E-state index contributed by atoms with van der Waals surface area (Å²) in [6.45, 7) is 3.91. The van der Waals surface area contributed by atoms with Gasteiger partial charge in [0.2, 0.25) is 0 Å². The van der Waals surface area contributed by atoms with Crippen molar-refractivity contribution in [1.82, 2.24) is 0 Å². The molecule has 136 valence electrons. The zero-order chi connectivity index (χ0) is 16.9. The fourth-order valence-electron chi connectivity index (χ4n) is 3.15. The van der Waals surface area contributed by atoms with Crippen molar-refractivity contribution < 1.29 is 19.4 Å². The largest absolute Gasteiger partial charge is 0.508 e. The van der Waals surface area contributed by atoms with Crippen LogP contribution in [0.3, 0.4) is 0 Å². The molecule has 0 bridgehead atoms. The second-order valence-electron chi connectivity index (χ2n) is 6.95. The lowest BCUT2D eigenvalue weighted by molar-refractivity contribution is -0.0965. The van der Waals surface area contributed by atoms with Gasteiger partial charge in [-0.3, -0.25) is 0 Å². The van der Waals surface area contributed by atoms with E-state index in [1.165, 1.54) is 64.2 Å². The number of cyclic esters (lactones) is 2. The molecule has 0 saturated carbocycles. The number of rotatable bonds is 13. The van der Waals surface area contributed by atoms with E-state index in [2.05, 4.69) is 6.92 Å². The molecule has 4 heteroatoms. The molecule has 1 heterocycles. The molecular weight excluding hydrogens is 292 g/mol. The first-order chi connectivity index (χ1) is 11.1. The van der Waals surface area contributed by atoms with Gasteiger partial charge in [0.15, 0.2) is 0 Å². The summed E-state index contributed by atoms with van der Waals surface area (Å²) >= 11 is 0. The van der Waals surface area contributed by atoms with Crippen LogP contribution < -0.4 is 0 Å². The molecule has 0 radical (unpaired) electrons. The molecule has 0 aromatic rings. The zero-order valence-electron chi connectivity index (χ0n) is 15.1. The quantitative estimate of drug-likeness (QED) is 0.365. The number of unbranched alkanes of at least 4 members (excludes halogenated alkanes) is 10. The minimum absolute atomic E-state index is 0.0885. The highest BCUT2D eigenvalue weighted by Gasteiger charge is 2.32. The van der Waals surface area contributed by atoms with Crippen LogP contribution in [0.15, 0.2) is 0 Å². The van der Waals surface area contributed by atoms with Crippen molar-refractivity contribution in [2.45, 2.75) is 116 Å². The summed E-state index contributed by atoms with van der Waals surface area (Å²) in [5.74, 6) is 0. The Bertz CT molecular complexity index is 304. The van der Waals surface area contributed by atoms with Gasteiger partial charge in [0.1, 0.15) is 12.2 Å². The summed E-state index contributed by atoms with van der Waals surface area (Å²) in [4.78, 5) is 11.3. The Morgan fingerprint density at radius 2 is 1.48 bits per heavy atom. The SMILES string of the molecule is CCCCCCCCCCCCC[C@H]1C[C@@H]([C@@H](C)O)OC(=O)O1. The van der Waals surface area contributed by atoms with Gasteiger partial charge in [0.05, 0.1) is 6.10 Å². The Kier molecular flexibility index (Phi) is 11.1. The third kappa shape index (κ3) is 9.85. The van der Waals surface area contributed by atoms with Crippen LogP contribution in [0.1, 0.15) is 97.3 Å². The van der Waals surface area contributed by atoms with Crippen molar-refractivity contribution in [3.8, 4) is 0 Å². The van der Waals surface area contributed by atoms with Crippen molar-refractivity contribution in [2.75, 3.05) is 0 Å². The number of aliphatic hydroxyl groups is 1. The van der Waals surface area contributed by atoms with Crippen LogP contribution in [-0.4, -0.2) is 29.6 Å². The van der Waals surface area contributed by atoms with E-state index in [1.54, 1.807) is 6.92 Å². The number of carbonyl (C=O) groups is 1. The summed E-state index contributed by atoms with van der Waals surface area (Å²) in [6, 6.07) is 0. The van der Waals surface area contributed by atoms with Crippen molar-refractivity contribution in [3.63, 3.8) is 0 Å². The molecule has 0 unspecified atom stereocenters. The molecule has 23 heavy (non-hydrogen) atoms. The normalized spacial score (nSPS) is 22.5. The number of hydrogen-bond acceptors (Lipinski definition) is 4. The Morgan fingerprint density at radius 3 is 2.00 bits per heavy atom. The lowest BCUT2D eigenvalue weighted by Crippen LogP contribution is -2.40. The van der Waals surface area contributed by atoms with Crippen LogP contribution in [0, 0.1) is 0 Å². The summed E-state index contributed by atoms with van der Waals surface area (Å²) in [7, 11) is 0. The maximum absolute atomic E-state index is 11.3. The minimum atomic E-state index is -0.629. The van der Waals surface area contributed by atoms with Gasteiger partial charge in [0, 0.05) is 6.42 Å². The highest BCUT2D eigenvalue weighted by Crippen LogP contribution is 2.22. The second kappa shape index (κ2) is 12.6. The van der Waals surface area contributed by atoms with E-state index in [1.807, 2.05) is 0 Å². The molecule has 0 spiro atoms. The molecule has 0 aromatic carbocycles. The molecule has 0 aliphatic carbocycles. The molecule has 1 N–H and O–H groups in total. The maximum Gasteiger partial charge on any atom is 0.508 e. The highest BCUT2D eigenvalue weighted by molar-refractivity contribution is 5.61. The Morgan fingerprint density at radius 1 is 0.957 bits per heavy atom. The topological polar surface area (TPSA) is 55.8 Å². The fourth-order valence-corrected chi connectivity index (χ4v) is 3.15. The third-order valence-corrected chi connectivity index (χ3v) is 4.67. The average molecular weight is 328 g/mol. The summed E-state index contributed by atoms with van der Waals surface area (Å²) in [6.07, 6.45) is 14.2. The van der Waals surface area contributed by atoms with Crippen LogP contribution in [0.4, 0.5) is 4.79 Å². The molecule has 1 saturated heterocycles. The molecular formula is C19H36O4. The minimum Gasteiger partial charge on any atom is -0.431 e. The van der Waals surface area contributed by atoms with Crippen molar-refractivity contribution in [1.29, 1.82) is 0 Å². The number of ether oxygens (including phenoxy) is 2. The lowest BCUT2D eigenvalue weighted by Gasteiger charge is -2.30. The molecule has 0 amide bonds. The molecule has 1 aliphatic heterocycles. The standard InChI is InChI=1S/C19H36O4/c1-3-4-5-6-7-8-9-10-11-12-13-14-17-15-18(16(2)20)23-19(21)22-17/h16-18,20H,3-15H2,1-2H3/t16-,17+,18+/m1/s1. The van der Waals surface area contributed by atoms with Crippen molar-refractivity contribution >= 4 is 6.16 Å². The highest BCUT2D eigenvalue weighted by atomic mass is 16.7. The molecule has 1 fully saturated rings. The van der Waals surface area contributed by atoms with E-state index < -0.39 is 18.4 Å². The summed E-state index contributed by atoms with van der Waals surface area (Å²) in [5.41, 5.74) is 0. The molecule has 1 rings (SSSR count). The summed E-state index contributed by atoms with van der Waals surface area (Å²) in [5, 5.41) is 9.54. The van der Waals surface area contributed by atoms with Crippen LogP contribution >= 0.6 is 0 Å². The van der Waals surface area contributed by atoms with E-state index in [4.69, 9.17) is 9.47 Å². The molecule has 0 aromatic heterocycles. The zero-order valence-corrected chi connectivity index (χ0v) is 15.1. The molecule has 4 nitrogen and oxygen atoms in total. The fraction of sp³-hybridized carbons (Fsp3) is 0.947. The first-order valence-corrected chi connectivity index (χ1v) is 9.68. The van der Waals surface area contributed by atoms with Gasteiger partial charge in [-0.15, -0.1) is 0 Å². The lowest BCUT2D eigenvalue weighted by atomic mass is 10.00. The average Bonchev–Trinajstić information content (AvgIpc) is 2.52. The number of hydrogen-bond donors (Lipinski definition) is 1. The first-order valence-electron chi connectivity index (χ1n) is 9.68. The maximum atomic E-state index is 11.3. The van der Waals surface area contributed by atoms with E-state index in [9.17, 15) is 9.90 Å². The van der Waals surface area contributed by atoms with Crippen LogP contribution in [0.25, 0.3) is 0 Å². The van der Waals surface area contributed by atoms with Crippen molar-refractivity contribution in [2.24, 2.45) is 0 Å². The van der Waals surface area contributed by atoms with Crippen LogP contribution in [-0.2, 0) is 9.47 Å². The molecule has 1 aliphatic rings. The predicted molar refractivity (Wildman–Crippen MR) is 92.5 cm³/mol. The van der Waals surface area contributed by atoms with E-state index >= 15 is 0 Å². The van der Waals surface area contributed by atoms with Gasteiger partial charge in [-0.05, 0) is 19.8 Å². The third-order valence-electron chi connectivity index (χ3n) is 4.67. The molecule has 3 atom stereocenters. The van der Waals surface area contributed by atoms with Gasteiger partial charge in [-0.25, -0.2) is 4.79 Å². The van der Waals surface area contributed by atoms with E-state index in [0.29, 0.717) is 6.42 Å². The smallest absolute Gasteiger partial charge is 0.431 e. The van der Waals surface area contributed by atoms with Gasteiger partial charge in [-0.2, -0.15) is 0 Å². The monoisotopic (exact) mass is 328 g/mol. The summed E-state index contributed by atoms with van der Waals surface area (Å²) < 4.78 is 10.2.